The quantitative estimate of drug-likeness (QED) is 0.729. The summed E-state index contributed by atoms with van der Waals surface area (Å²) in [6, 6.07) is 8.27. The molecule has 0 aliphatic carbocycles. The smallest absolute Gasteiger partial charge is 0.259 e. The molecule has 1 atom stereocenters. The highest BCUT2D eigenvalue weighted by Crippen LogP contribution is 2.28. The minimum atomic E-state index is -0.0243. The summed E-state index contributed by atoms with van der Waals surface area (Å²) < 4.78 is 5.34. The van der Waals surface area contributed by atoms with E-state index < -0.39 is 0 Å². The van der Waals surface area contributed by atoms with Crippen molar-refractivity contribution in [1.82, 2.24) is 14.9 Å². The first-order valence-electron chi connectivity index (χ1n) is 9.61. The van der Waals surface area contributed by atoms with Gasteiger partial charge < -0.3 is 14.6 Å². The number of ether oxygens (including phenoxy) is 1. The Kier molecular flexibility index (Phi) is 5.12. The van der Waals surface area contributed by atoms with Crippen molar-refractivity contribution in [2.24, 2.45) is 0 Å². The maximum Gasteiger partial charge on any atom is 0.259 e. The Morgan fingerprint density at radius 3 is 2.68 bits per heavy atom. The number of methoxy groups -OCH3 is 1. The molecule has 3 aromatic rings. The fraction of sp³-hybridized carbons (Fsp3) is 0.429. The predicted octanol–water partition coefficient (Wildman–Crippen LogP) is 3.49. The molecule has 1 aliphatic rings. The van der Waals surface area contributed by atoms with Crippen LogP contribution in [-0.4, -0.2) is 48.2 Å². The first kappa shape index (κ1) is 19.0. The summed E-state index contributed by atoms with van der Waals surface area (Å²) >= 11 is 1.60. The summed E-state index contributed by atoms with van der Waals surface area (Å²) in [6.45, 7) is 9.86. The van der Waals surface area contributed by atoms with Crippen LogP contribution in [0.15, 0.2) is 29.1 Å². The lowest BCUT2D eigenvalue weighted by molar-refractivity contribution is 0.192. The molecule has 0 radical (unpaired) electrons. The normalized spacial score (nSPS) is 16.5. The molecule has 1 saturated heterocycles. The molecule has 1 aromatic carbocycles. The fourth-order valence-electron chi connectivity index (χ4n) is 3.82. The van der Waals surface area contributed by atoms with E-state index in [-0.39, 0.29) is 11.6 Å². The first-order valence-corrected chi connectivity index (χ1v) is 10.4. The van der Waals surface area contributed by atoms with Gasteiger partial charge in [-0.3, -0.25) is 9.69 Å². The molecule has 0 bridgehead atoms. The number of aryl methyl sites for hydroxylation is 2. The molecule has 1 fully saturated rings. The maximum absolute atomic E-state index is 12.6. The third-order valence-electron chi connectivity index (χ3n) is 5.73. The van der Waals surface area contributed by atoms with Crippen LogP contribution in [0.2, 0.25) is 0 Å². The minimum Gasteiger partial charge on any atom is -0.497 e. The van der Waals surface area contributed by atoms with Crippen LogP contribution in [0.3, 0.4) is 0 Å². The van der Waals surface area contributed by atoms with Crippen molar-refractivity contribution < 1.29 is 4.74 Å². The lowest BCUT2D eigenvalue weighted by Crippen LogP contribution is -2.47. The number of nitrogens with zero attached hydrogens (tertiary/aromatic N) is 3. The van der Waals surface area contributed by atoms with Gasteiger partial charge >= 0.3 is 0 Å². The van der Waals surface area contributed by atoms with E-state index in [4.69, 9.17) is 9.72 Å². The summed E-state index contributed by atoms with van der Waals surface area (Å²) in [5.74, 6) is 1.64. The topological polar surface area (TPSA) is 61.5 Å². The average molecular weight is 399 g/mol. The summed E-state index contributed by atoms with van der Waals surface area (Å²) in [6.07, 6.45) is 0. The predicted molar refractivity (Wildman–Crippen MR) is 115 cm³/mol. The highest BCUT2D eigenvalue weighted by Gasteiger charge is 2.25. The van der Waals surface area contributed by atoms with Crippen LogP contribution in [0.5, 0.6) is 5.75 Å². The second-order valence-electron chi connectivity index (χ2n) is 7.32. The van der Waals surface area contributed by atoms with E-state index in [0.717, 1.165) is 58.4 Å². The van der Waals surface area contributed by atoms with Crippen LogP contribution in [0, 0.1) is 13.8 Å². The van der Waals surface area contributed by atoms with Crippen molar-refractivity contribution >= 4 is 27.2 Å². The average Bonchev–Trinajstić information content (AvgIpc) is 3.01. The van der Waals surface area contributed by atoms with Gasteiger partial charge in [0, 0.05) is 42.8 Å². The summed E-state index contributed by atoms with van der Waals surface area (Å²) in [5.41, 5.74) is 2.20. The van der Waals surface area contributed by atoms with E-state index in [1.165, 1.54) is 5.69 Å². The van der Waals surface area contributed by atoms with Crippen LogP contribution in [0.4, 0.5) is 5.69 Å². The van der Waals surface area contributed by atoms with Gasteiger partial charge in [0.15, 0.2) is 0 Å². The van der Waals surface area contributed by atoms with Gasteiger partial charge in [-0.1, -0.05) is 6.07 Å². The molecular formula is C21H26N4O2S. The Morgan fingerprint density at radius 1 is 1.21 bits per heavy atom. The molecule has 3 heterocycles. The van der Waals surface area contributed by atoms with Gasteiger partial charge in [-0.2, -0.15) is 0 Å². The van der Waals surface area contributed by atoms with E-state index in [0.29, 0.717) is 0 Å². The number of nitrogens with one attached hydrogen (secondary N) is 1. The molecule has 0 amide bonds. The van der Waals surface area contributed by atoms with Crippen molar-refractivity contribution in [3.63, 3.8) is 0 Å². The highest BCUT2D eigenvalue weighted by atomic mass is 32.1. The van der Waals surface area contributed by atoms with Crippen molar-refractivity contribution in [1.29, 1.82) is 0 Å². The van der Waals surface area contributed by atoms with Gasteiger partial charge in [-0.25, -0.2) is 4.98 Å². The molecule has 7 heteroatoms. The van der Waals surface area contributed by atoms with Gasteiger partial charge in [0.25, 0.3) is 5.56 Å². The van der Waals surface area contributed by atoms with E-state index in [9.17, 15) is 4.79 Å². The van der Waals surface area contributed by atoms with Crippen LogP contribution in [0.25, 0.3) is 10.2 Å². The Balaban J connectivity index is 1.50. The SMILES string of the molecule is COc1cccc(N2CCN(C(C)c3nc4sc(C)c(C)c4c(=O)[nH]3)CC2)c1. The lowest BCUT2D eigenvalue weighted by Gasteiger charge is -2.38. The van der Waals surface area contributed by atoms with E-state index in [2.05, 4.69) is 33.8 Å². The standard InChI is InChI=1S/C21H26N4O2S/c1-13-15(3)28-21-18(13)20(26)22-19(23-21)14(2)24-8-10-25(11-9-24)16-6-5-7-17(12-16)27-4/h5-7,12,14H,8-11H2,1-4H3,(H,22,23,26). The van der Waals surface area contributed by atoms with Gasteiger partial charge in [0.05, 0.1) is 18.5 Å². The summed E-state index contributed by atoms with van der Waals surface area (Å²) in [4.78, 5) is 27.2. The number of hydrogen-bond donors (Lipinski definition) is 1. The molecular weight excluding hydrogens is 372 g/mol. The number of anilines is 1. The third-order valence-corrected chi connectivity index (χ3v) is 6.83. The van der Waals surface area contributed by atoms with E-state index in [1.54, 1.807) is 18.4 Å². The van der Waals surface area contributed by atoms with Crippen molar-refractivity contribution in [2.75, 3.05) is 38.2 Å². The Labute approximate surface area is 168 Å². The molecule has 0 saturated carbocycles. The van der Waals surface area contributed by atoms with Crippen molar-refractivity contribution in [2.45, 2.75) is 26.8 Å². The maximum atomic E-state index is 12.6. The van der Waals surface area contributed by atoms with E-state index in [1.807, 2.05) is 26.0 Å². The molecule has 1 aliphatic heterocycles. The molecule has 28 heavy (non-hydrogen) atoms. The molecule has 148 valence electrons. The van der Waals surface area contributed by atoms with E-state index >= 15 is 0 Å². The van der Waals surface area contributed by atoms with Gasteiger partial charge in [-0.05, 0) is 38.5 Å². The van der Waals surface area contributed by atoms with Crippen LogP contribution < -0.4 is 15.2 Å². The number of aromatic amines is 1. The van der Waals surface area contributed by atoms with Gasteiger partial charge in [-0.15, -0.1) is 11.3 Å². The summed E-state index contributed by atoms with van der Waals surface area (Å²) in [5, 5.41) is 0.737. The zero-order valence-corrected chi connectivity index (χ0v) is 17.6. The number of piperazine rings is 1. The van der Waals surface area contributed by atoms with Gasteiger partial charge in [0.1, 0.15) is 16.4 Å². The zero-order chi connectivity index (χ0) is 19.8. The lowest BCUT2D eigenvalue weighted by atomic mass is 10.2. The number of H-pyrrole nitrogens is 1. The van der Waals surface area contributed by atoms with Crippen LogP contribution in [0.1, 0.15) is 29.2 Å². The summed E-state index contributed by atoms with van der Waals surface area (Å²) in [7, 11) is 1.69. The van der Waals surface area contributed by atoms with Gasteiger partial charge in [0.2, 0.25) is 0 Å². The molecule has 1 unspecified atom stereocenters. The Hall–Kier alpha value is -2.38. The largest absolute Gasteiger partial charge is 0.497 e. The van der Waals surface area contributed by atoms with Crippen molar-refractivity contribution in [3.05, 3.63) is 50.9 Å². The van der Waals surface area contributed by atoms with Crippen LogP contribution in [-0.2, 0) is 0 Å². The second kappa shape index (κ2) is 7.56. The Bertz CT molecular complexity index is 1050. The second-order valence-corrected chi connectivity index (χ2v) is 8.52. The molecule has 1 N–H and O–H groups in total. The first-order chi connectivity index (χ1) is 13.5. The molecule has 6 nitrogen and oxygen atoms in total. The number of fused-ring (bicyclic) bond motifs is 1. The molecule has 2 aromatic heterocycles. The van der Waals surface area contributed by atoms with Crippen molar-refractivity contribution in [3.8, 4) is 5.75 Å². The monoisotopic (exact) mass is 398 g/mol. The number of aromatic nitrogens is 2. The Morgan fingerprint density at radius 2 is 1.96 bits per heavy atom. The number of rotatable bonds is 4. The third kappa shape index (κ3) is 3.40. The molecule has 4 rings (SSSR count). The highest BCUT2D eigenvalue weighted by molar-refractivity contribution is 7.18. The number of thiophene rings is 1. The number of hydrogen-bond acceptors (Lipinski definition) is 6. The number of benzene rings is 1. The van der Waals surface area contributed by atoms with Crippen LogP contribution >= 0.6 is 11.3 Å². The fourth-order valence-corrected chi connectivity index (χ4v) is 4.85. The molecule has 0 spiro atoms. The minimum absolute atomic E-state index is 0.0243. The zero-order valence-electron chi connectivity index (χ0n) is 16.8.